The maximum absolute atomic E-state index is 13.2. The van der Waals surface area contributed by atoms with Gasteiger partial charge in [0.2, 0.25) is 5.01 Å². The number of carbonyl (C=O) groups excluding carboxylic acids is 1. The van der Waals surface area contributed by atoms with E-state index in [4.69, 9.17) is 16.3 Å². The minimum atomic E-state index is -0.394. The average Bonchev–Trinajstić information content (AvgIpc) is 3.13. The van der Waals surface area contributed by atoms with Gasteiger partial charge in [-0.3, -0.25) is 4.79 Å². The topological polar surface area (TPSA) is 64.1 Å². The summed E-state index contributed by atoms with van der Waals surface area (Å²) < 4.78 is 18.3. The first kappa shape index (κ1) is 18.0. The summed E-state index contributed by atoms with van der Waals surface area (Å²) >= 11 is 7.25. The van der Waals surface area contributed by atoms with Crippen LogP contribution in [-0.2, 0) is 0 Å². The first-order chi connectivity index (χ1) is 12.5. The van der Waals surface area contributed by atoms with Crippen molar-refractivity contribution in [2.45, 2.75) is 0 Å². The van der Waals surface area contributed by atoms with Gasteiger partial charge >= 0.3 is 0 Å². The van der Waals surface area contributed by atoms with E-state index in [0.29, 0.717) is 22.0 Å². The van der Waals surface area contributed by atoms with Gasteiger partial charge in [-0.25, -0.2) is 4.39 Å². The molecule has 2 aromatic carbocycles. The van der Waals surface area contributed by atoms with Crippen LogP contribution in [0.4, 0.5) is 10.1 Å². The van der Waals surface area contributed by atoms with Crippen molar-refractivity contribution in [3.8, 4) is 5.75 Å². The minimum Gasteiger partial charge on any atom is -0.497 e. The number of carbonyl (C=O) groups is 1. The summed E-state index contributed by atoms with van der Waals surface area (Å²) in [5.41, 5.74) is 1.20. The molecule has 3 aromatic rings. The molecule has 132 valence electrons. The highest BCUT2D eigenvalue weighted by Crippen LogP contribution is 2.26. The number of ether oxygens (including phenoxy) is 1. The van der Waals surface area contributed by atoms with E-state index < -0.39 is 5.91 Å². The zero-order chi connectivity index (χ0) is 18.5. The van der Waals surface area contributed by atoms with Crippen LogP contribution in [0.25, 0.3) is 11.1 Å². The Bertz CT molecular complexity index is 957. The molecule has 0 aliphatic heterocycles. The molecule has 0 aliphatic carbocycles. The lowest BCUT2D eigenvalue weighted by atomic mass is 10.2. The maximum Gasteiger partial charge on any atom is 0.286 e. The lowest BCUT2D eigenvalue weighted by molar-refractivity contribution is 0.102. The van der Waals surface area contributed by atoms with Crippen molar-refractivity contribution in [3.63, 3.8) is 0 Å². The molecule has 1 N–H and O–H groups in total. The summed E-state index contributed by atoms with van der Waals surface area (Å²) in [6, 6.07) is 12.9. The lowest BCUT2D eigenvalue weighted by Gasteiger charge is -2.03. The van der Waals surface area contributed by atoms with Crippen LogP contribution >= 0.6 is 22.9 Å². The van der Waals surface area contributed by atoms with Gasteiger partial charge in [0, 0.05) is 5.69 Å². The van der Waals surface area contributed by atoms with Crippen molar-refractivity contribution in [3.05, 3.63) is 69.9 Å². The van der Waals surface area contributed by atoms with E-state index in [2.05, 4.69) is 15.5 Å². The molecule has 5 nitrogen and oxygen atoms in total. The Morgan fingerprint density at radius 1 is 1.19 bits per heavy atom. The maximum atomic E-state index is 13.2. The van der Waals surface area contributed by atoms with Crippen molar-refractivity contribution in [2.75, 3.05) is 12.4 Å². The van der Waals surface area contributed by atoms with Crippen LogP contribution in [0.15, 0.2) is 48.5 Å². The second kappa shape index (κ2) is 8.07. The third-order valence-corrected chi connectivity index (χ3v) is 4.67. The molecule has 1 heterocycles. The monoisotopic (exact) mass is 389 g/mol. The predicted octanol–water partition coefficient (Wildman–Crippen LogP) is 4.68. The van der Waals surface area contributed by atoms with E-state index in [-0.39, 0.29) is 15.9 Å². The molecule has 8 heteroatoms. The van der Waals surface area contributed by atoms with Crippen LogP contribution in [0.5, 0.6) is 5.75 Å². The van der Waals surface area contributed by atoms with Gasteiger partial charge in [0.05, 0.1) is 12.1 Å². The number of anilines is 1. The molecule has 3 rings (SSSR count). The van der Waals surface area contributed by atoms with Crippen molar-refractivity contribution in [1.29, 1.82) is 0 Å². The number of aromatic nitrogens is 2. The molecule has 0 unspecified atom stereocenters. The minimum absolute atomic E-state index is 0.168. The molecule has 0 spiro atoms. The molecule has 0 radical (unpaired) electrons. The van der Waals surface area contributed by atoms with E-state index in [1.54, 1.807) is 49.6 Å². The summed E-state index contributed by atoms with van der Waals surface area (Å²) in [6.45, 7) is 0. The third-order valence-electron chi connectivity index (χ3n) is 3.31. The van der Waals surface area contributed by atoms with E-state index in [9.17, 15) is 9.18 Å². The van der Waals surface area contributed by atoms with Gasteiger partial charge in [0.1, 0.15) is 11.6 Å². The fourth-order valence-electron chi connectivity index (χ4n) is 2.07. The van der Waals surface area contributed by atoms with Crippen LogP contribution in [0.3, 0.4) is 0 Å². The molecule has 0 fully saturated rings. The van der Waals surface area contributed by atoms with Gasteiger partial charge in [0.15, 0.2) is 5.01 Å². The first-order valence-electron chi connectivity index (χ1n) is 7.47. The molecule has 1 aromatic heterocycles. The van der Waals surface area contributed by atoms with Crippen molar-refractivity contribution in [1.82, 2.24) is 10.2 Å². The number of hydrogen-bond acceptors (Lipinski definition) is 5. The quantitative estimate of drug-likeness (QED) is 0.688. The summed E-state index contributed by atoms with van der Waals surface area (Å²) in [7, 11) is 1.57. The first-order valence-corrected chi connectivity index (χ1v) is 8.66. The second-order valence-corrected chi connectivity index (χ2v) is 6.53. The zero-order valence-corrected chi connectivity index (χ0v) is 15.1. The molecule has 26 heavy (non-hydrogen) atoms. The predicted molar refractivity (Wildman–Crippen MR) is 101 cm³/mol. The SMILES string of the molecule is COc1ccc(NC(=O)c2nnc(/C(Cl)=C/c3cccc(F)c3)s2)cc1. The van der Waals surface area contributed by atoms with Gasteiger partial charge in [0.25, 0.3) is 5.91 Å². The fraction of sp³-hybridized carbons (Fsp3) is 0.0556. The summed E-state index contributed by atoms with van der Waals surface area (Å²) in [5, 5.41) is 11.3. The van der Waals surface area contributed by atoms with Crippen LogP contribution in [0.2, 0.25) is 0 Å². The normalized spacial score (nSPS) is 11.3. The van der Waals surface area contributed by atoms with Gasteiger partial charge in [-0.05, 0) is 48.0 Å². The third kappa shape index (κ3) is 4.44. The van der Waals surface area contributed by atoms with Gasteiger partial charge in [-0.1, -0.05) is 35.1 Å². The van der Waals surface area contributed by atoms with Crippen molar-refractivity contribution < 1.29 is 13.9 Å². The molecule has 0 saturated heterocycles. The Morgan fingerprint density at radius 2 is 1.92 bits per heavy atom. The van der Waals surface area contributed by atoms with Gasteiger partial charge in [-0.15, -0.1) is 10.2 Å². The summed E-state index contributed by atoms with van der Waals surface area (Å²) in [4.78, 5) is 12.3. The largest absolute Gasteiger partial charge is 0.497 e. The zero-order valence-electron chi connectivity index (χ0n) is 13.6. The molecular weight excluding hydrogens is 377 g/mol. The number of amides is 1. The highest BCUT2D eigenvalue weighted by atomic mass is 35.5. The van der Waals surface area contributed by atoms with Crippen molar-refractivity contribution in [2.24, 2.45) is 0 Å². The summed E-state index contributed by atoms with van der Waals surface area (Å²) in [6.07, 6.45) is 1.57. The number of benzene rings is 2. The number of nitrogens with zero attached hydrogens (tertiary/aromatic N) is 2. The Morgan fingerprint density at radius 3 is 2.62 bits per heavy atom. The van der Waals surface area contributed by atoms with E-state index in [1.165, 1.54) is 12.1 Å². The highest BCUT2D eigenvalue weighted by molar-refractivity contribution is 7.15. The van der Waals surface area contributed by atoms with Crippen molar-refractivity contribution >= 4 is 45.6 Å². The number of halogens is 2. The highest BCUT2D eigenvalue weighted by Gasteiger charge is 2.15. The Labute approximate surface area is 158 Å². The van der Waals surface area contributed by atoms with E-state index >= 15 is 0 Å². The molecular formula is C18H13ClFN3O2S. The molecule has 0 aliphatic rings. The standard InChI is InChI=1S/C18H13ClFN3O2S/c1-25-14-7-5-13(6-8-14)21-16(24)18-23-22-17(26-18)15(19)10-11-3-2-4-12(20)9-11/h2-10H,1H3,(H,21,24)/b15-10-. The van der Waals surface area contributed by atoms with Gasteiger partial charge in [-0.2, -0.15) is 0 Å². The molecule has 0 bridgehead atoms. The Kier molecular flexibility index (Phi) is 5.60. The fourth-order valence-corrected chi connectivity index (χ4v) is 3.00. The molecule has 0 saturated carbocycles. The number of nitrogens with one attached hydrogen (secondary N) is 1. The number of hydrogen-bond donors (Lipinski definition) is 1. The molecule has 0 atom stereocenters. The second-order valence-electron chi connectivity index (χ2n) is 5.14. The average molecular weight is 390 g/mol. The summed E-state index contributed by atoms with van der Waals surface area (Å²) in [5.74, 6) is -0.0651. The van der Waals surface area contributed by atoms with E-state index in [1.807, 2.05) is 0 Å². The Hall–Kier alpha value is -2.77. The van der Waals surface area contributed by atoms with Crippen LogP contribution in [0, 0.1) is 5.82 Å². The van der Waals surface area contributed by atoms with Crippen LogP contribution in [0.1, 0.15) is 20.4 Å². The Balaban J connectivity index is 1.72. The van der Waals surface area contributed by atoms with E-state index in [0.717, 1.165) is 11.3 Å². The van der Waals surface area contributed by atoms with Crippen LogP contribution < -0.4 is 10.1 Å². The lowest BCUT2D eigenvalue weighted by Crippen LogP contribution is -2.11. The molecule has 1 amide bonds. The van der Waals surface area contributed by atoms with Crippen LogP contribution in [-0.4, -0.2) is 23.2 Å². The number of methoxy groups -OCH3 is 1. The van der Waals surface area contributed by atoms with Gasteiger partial charge < -0.3 is 10.1 Å². The number of rotatable bonds is 5. The smallest absolute Gasteiger partial charge is 0.286 e.